The van der Waals surface area contributed by atoms with E-state index in [1.165, 1.54) is 4.88 Å². The highest BCUT2D eigenvalue weighted by Gasteiger charge is 2.13. The third-order valence-corrected chi connectivity index (χ3v) is 3.83. The van der Waals surface area contributed by atoms with E-state index in [9.17, 15) is 0 Å². The summed E-state index contributed by atoms with van der Waals surface area (Å²) in [7, 11) is 3.61. The van der Waals surface area contributed by atoms with Crippen molar-refractivity contribution < 1.29 is 4.74 Å². The average molecular weight is 280 g/mol. The Bertz CT molecular complexity index is 532. The first-order valence-electron chi connectivity index (χ1n) is 6.30. The molecule has 0 fully saturated rings. The van der Waals surface area contributed by atoms with Crippen molar-refractivity contribution in [2.75, 3.05) is 7.11 Å². The predicted molar refractivity (Wildman–Crippen MR) is 77.0 cm³/mol. The van der Waals surface area contributed by atoms with Crippen LogP contribution in [0.4, 0.5) is 0 Å². The molecule has 2 aromatic rings. The normalized spacial score (nSPS) is 11.4. The van der Waals surface area contributed by atoms with Crippen LogP contribution in [0.3, 0.4) is 0 Å². The van der Waals surface area contributed by atoms with Crippen LogP contribution in [0.25, 0.3) is 10.6 Å². The van der Waals surface area contributed by atoms with Crippen molar-refractivity contribution in [3.05, 3.63) is 23.0 Å². The van der Waals surface area contributed by atoms with Gasteiger partial charge in [-0.1, -0.05) is 13.8 Å². The minimum Gasteiger partial charge on any atom is -0.378 e. The Labute approximate surface area is 117 Å². The van der Waals surface area contributed by atoms with Crippen LogP contribution >= 0.6 is 11.3 Å². The summed E-state index contributed by atoms with van der Waals surface area (Å²) in [6, 6.07) is 0.458. The molecule has 0 amide bonds. The fraction of sp³-hybridized carbons (Fsp3) is 0.538. The van der Waals surface area contributed by atoms with Crippen molar-refractivity contribution in [1.82, 2.24) is 20.1 Å². The van der Waals surface area contributed by atoms with Crippen LogP contribution in [0.1, 0.15) is 24.4 Å². The number of aromatic nitrogens is 3. The monoisotopic (exact) mass is 280 g/mol. The maximum absolute atomic E-state index is 5.23. The molecular formula is C13H20N4OS. The zero-order valence-electron chi connectivity index (χ0n) is 11.8. The summed E-state index contributed by atoms with van der Waals surface area (Å²) in [6.45, 7) is 5.65. The van der Waals surface area contributed by atoms with E-state index in [-0.39, 0.29) is 0 Å². The van der Waals surface area contributed by atoms with Gasteiger partial charge in [-0.05, 0) is 0 Å². The van der Waals surface area contributed by atoms with Gasteiger partial charge in [0, 0.05) is 43.4 Å². The van der Waals surface area contributed by atoms with Gasteiger partial charge < -0.3 is 10.1 Å². The summed E-state index contributed by atoms with van der Waals surface area (Å²) in [6.07, 6.45) is 3.82. The van der Waals surface area contributed by atoms with E-state index in [2.05, 4.69) is 29.2 Å². The molecule has 0 aliphatic carbocycles. The quantitative estimate of drug-likeness (QED) is 0.881. The lowest BCUT2D eigenvalue weighted by atomic mass is 10.3. The smallest absolute Gasteiger partial charge is 0.127 e. The van der Waals surface area contributed by atoms with Gasteiger partial charge in [-0.3, -0.25) is 4.68 Å². The van der Waals surface area contributed by atoms with E-state index < -0.39 is 0 Å². The number of nitrogens with zero attached hydrogens (tertiary/aromatic N) is 3. The van der Waals surface area contributed by atoms with Gasteiger partial charge in [-0.25, -0.2) is 4.98 Å². The van der Waals surface area contributed by atoms with Gasteiger partial charge in [0.05, 0.1) is 18.5 Å². The Morgan fingerprint density at radius 1 is 1.47 bits per heavy atom. The number of aryl methyl sites for hydroxylation is 1. The number of methoxy groups -OCH3 is 1. The Hall–Kier alpha value is -1.24. The van der Waals surface area contributed by atoms with Crippen LogP contribution in [-0.2, 0) is 24.9 Å². The molecule has 0 unspecified atom stereocenters. The number of nitrogens with one attached hydrogen (secondary N) is 1. The molecule has 2 heterocycles. The van der Waals surface area contributed by atoms with Gasteiger partial charge in [0.2, 0.25) is 0 Å². The molecule has 1 N–H and O–H groups in total. The lowest BCUT2D eigenvalue weighted by Gasteiger charge is -2.07. The van der Waals surface area contributed by atoms with Crippen molar-refractivity contribution in [2.45, 2.75) is 33.0 Å². The van der Waals surface area contributed by atoms with E-state index in [4.69, 9.17) is 4.74 Å². The van der Waals surface area contributed by atoms with E-state index in [0.29, 0.717) is 12.6 Å². The van der Waals surface area contributed by atoms with E-state index in [1.807, 2.05) is 19.4 Å². The predicted octanol–water partition coefficient (Wildman–Crippen LogP) is 2.19. The Balaban J connectivity index is 2.23. The van der Waals surface area contributed by atoms with Gasteiger partial charge in [-0.2, -0.15) is 5.10 Å². The van der Waals surface area contributed by atoms with Crippen molar-refractivity contribution in [1.29, 1.82) is 0 Å². The molecule has 2 aromatic heterocycles. The fourth-order valence-corrected chi connectivity index (χ4v) is 2.71. The maximum atomic E-state index is 5.23. The summed E-state index contributed by atoms with van der Waals surface area (Å²) in [5.41, 5.74) is 2.07. The first-order valence-corrected chi connectivity index (χ1v) is 7.11. The van der Waals surface area contributed by atoms with Crippen molar-refractivity contribution in [3.63, 3.8) is 0 Å². The highest BCUT2D eigenvalue weighted by molar-refractivity contribution is 7.15. The molecule has 0 radical (unpaired) electrons. The van der Waals surface area contributed by atoms with Gasteiger partial charge in [-0.15, -0.1) is 11.3 Å². The molecule has 2 rings (SSSR count). The largest absolute Gasteiger partial charge is 0.378 e. The number of ether oxygens (including phenoxy) is 1. The molecular weight excluding hydrogens is 260 g/mol. The first-order chi connectivity index (χ1) is 9.10. The average Bonchev–Trinajstić information content (AvgIpc) is 2.94. The van der Waals surface area contributed by atoms with Gasteiger partial charge >= 0.3 is 0 Å². The van der Waals surface area contributed by atoms with Gasteiger partial charge in [0.15, 0.2) is 0 Å². The van der Waals surface area contributed by atoms with Crippen molar-refractivity contribution in [3.8, 4) is 10.6 Å². The van der Waals surface area contributed by atoms with E-state index >= 15 is 0 Å². The Kier molecular flexibility index (Phi) is 4.68. The molecule has 0 atom stereocenters. The summed E-state index contributed by atoms with van der Waals surface area (Å²) in [5.74, 6) is 0. The zero-order valence-corrected chi connectivity index (χ0v) is 12.6. The van der Waals surface area contributed by atoms with Crippen molar-refractivity contribution in [2.24, 2.45) is 7.05 Å². The fourth-order valence-electron chi connectivity index (χ4n) is 1.72. The lowest BCUT2D eigenvalue weighted by molar-refractivity contribution is 0.181. The topological polar surface area (TPSA) is 52.0 Å². The zero-order chi connectivity index (χ0) is 13.8. The maximum Gasteiger partial charge on any atom is 0.127 e. The number of thiazole rings is 1. The molecule has 6 heteroatoms. The minimum absolute atomic E-state index is 0.458. The molecule has 104 valence electrons. The second kappa shape index (κ2) is 6.27. The Morgan fingerprint density at radius 2 is 2.26 bits per heavy atom. The molecule has 0 aliphatic heterocycles. The van der Waals surface area contributed by atoms with Gasteiger partial charge in [0.1, 0.15) is 5.01 Å². The van der Waals surface area contributed by atoms with E-state index in [1.54, 1.807) is 23.1 Å². The second-order valence-corrected chi connectivity index (χ2v) is 5.84. The molecule has 5 nitrogen and oxygen atoms in total. The Morgan fingerprint density at radius 3 is 2.84 bits per heavy atom. The summed E-state index contributed by atoms with van der Waals surface area (Å²) in [5, 5.41) is 8.61. The molecule has 0 bridgehead atoms. The molecule has 0 aliphatic rings. The van der Waals surface area contributed by atoms with Crippen LogP contribution in [0, 0.1) is 0 Å². The number of hydrogen-bond donors (Lipinski definition) is 1. The third-order valence-electron chi connectivity index (χ3n) is 2.68. The van der Waals surface area contributed by atoms with Crippen LogP contribution in [0.15, 0.2) is 12.4 Å². The standard InChI is InChI=1S/C13H20N4OS/c1-9(2)14-6-12-11(8-18-4)16-13(19-12)10-5-15-17(3)7-10/h5,7,9,14H,6,8H2,1-4H3. The van der Waals surface area contributed by atoms with Crippen LogP contribution < -0.4 is 5.32 Å². The second-order valence-electron chi connectivity index (χ2n) is 4.76. The van der Waals surface area contributed by atoms with E-state index in [0.717, 1.165) is 22.8 Å². The lowest BCUT2D eigenvalue weighted by Crippen LogP contribution is -2.21. The molecule has 0 spiro atoms. The number of hydrogen-bond acceptors (Lipinski definition) is 5. The molecule has 0 aromatic carbocycles. The minimum atomic E-state index is 0.458. The summed E-state index contributed by atoms with van der Waals surface area (Å²) in [4.78, 5) is 5.89. The van der Waals surface area contributed by atoms with Crippen molar-refractivity contribution >= 4 is 11.3 Å². The molecule has 19 heavy (non-hydrogen) atoms. The summed E-state index contributed by atoms with van der Waals surface area (Å²) >= 11 is 1.70. The SMILES string of the molecule is COCc1nc(-c2cnn(C)c2)sc1CNC(C)C. The first kappa shape index (κ1) is 14.2. The highest BCUT2D eigenvalue weighted by Crippen LogP contribution is 2.28. The van der Waals surface area contributed by atoms with Gasteiger partial charge in [0.25, 0.3) is 0 Å². The van der Waals surface area contributed by atoms with Crippen LogP contribution in [0.5, 0.6) is 0 Å². The number of rotatable bonds is 6. The highest BCUT2D eigenvalue weighted by atomic mass is 32.1. The molecule has 0 saturated heterocycles. The molecule has 0 saturated carbocycles. The van der Waals surface area contributed by atoms with Crippen LogP contribution in [0.2, 0.25) is 0 Å². The van der Waals surface area contributed by atoms with Crippen LogP contribution in [-0.4, -0.2) is 27.9 Å². The third kappa shape index (κ3) is 3.62. The summed E-state index contributed by atoms with van der Waals surface area (Å²) < 4.78 is 7.02.